The van der Waals surface area contributed by atoms with Crippen LogP contribution in [0.3, 0.4) is 0 Å². The van der Waals surface area contributed by atoms with E-state index in [2.05, 4.69) is 0 Å². The van der Waals surface area contributed by atoms with Crippen molar-refractivity contribution in [2.24, 2.45) is 0 Å². The van der Waals surface area contributed by atoms with Gasteiger partial charge in [0.1, 0.15) is 15.3 Å². The molecule has 1 fully saturated rings. The molecule has 1 unspecified atom stereocenters. The second kappa shape index (κ2) is 7.29. The fourth-order valence-electron chi connectivity index (χ4n) is 2.70. The highest BCUT2D eigenvalue weighted by Gasteiger charge is 2.43. The van der Waals surface area contributed by atoms with Crippen molar-refractivity contribution in [3.8, 4) is 0 Å². The molecule has 0 aromatic heterocycles. The molecular weight excluding hydrogens is 396 g/mol. The first-order chi connectivity index (χ1) is 12.3. The van der Waals surface area contributed by atoms with Gasteiger partial charge in [-0.05, 0) is 18.6 Å². The van der Waals surface area contributed by atoms with Crippen LogP contribution in [0.1, 0.15) is 12.8 Å². The first-order valence-electron chi connectivity index (χ1n) is 7.56. The summed E-state index contributed by atoms with van der Waals surface area (Å²) in [5.74, 6) is -2.90. The lowest BCUT2D eigenvalue weighted by Gasteiger charge is -2.22. The summed E-state index contributed by atoms with van der Waals surface area (Å²) in [4.78, 5) is 39.5. The van der Waals surface area contributed by atoms with Gasteiger partial charge in [-0.3, -0.25) is 14.5 Å². The van der Waals surface area contributed by atoms with E-state index in [1.165, 1.54) is 11.8 Å². The van der Waals surface area contributed by atoms with Gasteiger partial charge in [0.15, 0.2) is 0 Å². The Morgan fingerprint density at radius 1 is 1.23 bits per heavy atom. The zero-order valence-electron chi connectivity index (χ0n) is 13.5. The summed E-state index contributed by atoms with van der Waals surface area (Å²) in [6, 6.07) is 6.38. The Bertz CT molecular complexity index is 854. The first-order valence-corrected chi connectivity index (χ1v) is 9.60. The van der Waals surface area contributed by atoms with E-state index < -0.39 is 23.9 Å². The van der Waals surface area contributed by atoms with E-state index in [0.717, 1.165) is 27.2 Å². The lowest BCUT2D eigenvalue weighted by Crippen LogP contribution is -2.44. The maximum absolute atomic E-state index is 12.9. The Kier molecular flexibility index (Phi) is 5.26. The Balaban J connectivity index is 1.92. The van der Waals surface area contributed by atoms with E-state index in [-0.39, 0.29) is 17.2 Å². The number of aliphatic carboxylic acids is 2. The molecule has 0 aliphatic carbocycles. The highest BCUT2D eigenvalue weighted by molar-refractivity contribution is 8.27. The van der Waals surface area contributed by atoms with Crippen molar-refractivity contribution in [1.82, 2.24) is 4.90 Å². The van der Waals surface area contributed by atoms with E-state index >= 15 is 0 Å². The fraction of sp³-hybridized carbons (Fsp3) is 0.250. The molecule has 3 rings (SSSR count). The molecule has 136 valence electrons. The second-order valence-electron chi connectivity index (χ2n) is 5.59. The van der Waals surface area contributed by atoms with Crippen molar-refractivity contribution < 1.29 is 24.6 Å². The number of nitrogens with zero attached hydrogens (tertiary/aromatic N) is 2. The van der Waals surface area contributed by atoms with Crippen molar-refractivity contribution in [2.75, 3.05) is 11.9 Å². The predicted molar refractivity (Wildman–Crippen MR) is 103 cm³/mol. The third kappa shape index (κ3) is 3.31. The molecule has 0 radical (unpaired) electrons. The van der Waals surface area contributed by atoms with Gasteiger partial charge in [0.2, 0.25) is 0 Å². The van der Waals surface area contributed by atoms with Crippen LogP contribution >= 0.6 is 35.7 Å². The minimum Gasteiger partial charge on any atom is -0.481 e. The average Bonchev–Trinajstić information content (AvgIpc) is 3.06. The van der Waals surface area contributed by atoms with Crippen molar-refractivity contribution >= 4 is 63.6 Å². The number of para-hydroxylation sites is 1. The van der Waals surface area contributed by atoms with Crippen molar-refractivity contribution in [3.63, 3.8) is 0 Å². The summed E-state index contributed by atoms with van der Waals surface area (Å²) < 4.78 is 0.125. The van der Waals surface area contributed by atoms with E-state index in [1.807, 2.05) is 36.2 Å². The number of carboxylic acids is 2. The van der Waals surface area contributed by atoms with Crippen LogP contribution in [0.15, 0.2) is 39.1 Å². The molecule has 0 bridgehead atoms. The van der Waals surface area contributed by atoms with Crippen molar-refractivity contribution in [3.05, 3.63) is 34.2 Å². The molecule has 0 spiro atoms. The number of anilines is 1. The Hall–Kier alpha value is -2.04. The van der Waals surface area contributed by atoms with Crippen LogP contribution in [0.2, 0.25) is 0 Å². The first kappa shape index (κ1) is 18.7. The quantitative estimate of drug-likeness (QED) is 0.560. The summed E-state index contributed by atoms with van der Waals surface area (Å²) in [6.45, 7) is 0. The fourth-order valence-corrected chi connectivity index (χ4v) is 5.38. The number of carboxylic acid groups (broad SMARTS) is 2. The molecule has 10 heteroatoms. The molecule has 1 atom stereocenters. The zero-order chi connectivity index (χ0) is 19.0. The number of fused-ring (bicyclic) bond motifs is 1. The third-order valence-corrected chi connectivity index (χ3v) is 6.72. The van der Waals surface area contributed by atoms with Gasteiger partial charge in [-0.15, -0.1) is 0 Å². The van der Waals surface area contributed by atoms with Crippen LogP contribution in [0, 0.1) is 0 Å². The maximum Gasteiger partial charge on any atom is 0.326 e. The highest BCUT2D eigenvalue weighted by Crippen LogP contribution is 2.50. The summed E-state index contributed by atoms with van der Waals surface area (Å²) in [7, 11) is 1.83. The van der Waals surface area contributed by atoms with Crippen LogP contribution in [0.4, 0.5) is 5.69 Å². The summed E-state index contributed by atoms with van der Waals surface area (Å²) >= 11 is 7.70. The monoisotopic (exact) mass is 410 g/mol. The Morgan fingerprint density at radius 3 is 2.54 bits per heavy atom. The highest BCUT2D eigenvalue weighted by atomic mass is 32.2. The topological polar surface area (TPSA) is 98.2 Å². The van der Waals surface area contributed by atoms with Gasteiger partial charge in [-0.2, -0.15) is 0 Å². The van der Waals surface area contributed by atoms with Crippen LogP contribution in [-0.2, 0) is 14.4 Å². The molecule has 1 aromatic carbocycles. The standard InChI is InChI=1S/C16H14N2O5S3/c1-17-8-4-2-3-5-10(8)25-14(17)12-13(21)18(16(24)26-12)9(15(22)23)6-7-11(19)20/h2-5,9H,6-7H2,1H3,(H,19,20)(H,22,23). The lowest BCUT2D eigenvalue weighted by atomic mass is 10.1. The maximum atomic E-state index is 12.9. The van der Waals surface area contributed by atoms with Gasteiger partial charge in [0.25, 0.3) is 5.91 Å². The van der Waals surface area contributed by atoms with E-state index in [9.17, 15) is 19.5 Å². The minimum absolute atomic E-state index is 0.125. The average molecular weight is 410 g/mol. The number of carbonyl (C=O) groups is 3. The number of amides is 1. The van der Waals surface area contributed by atoms with Crippen molar-refractivity contribution in [1.29, 1.82) is 0 Å². The molecule has 2 aliphatic rings. The van der Waals surface area contributed by atoms with Gasteiger partial charge in [0.05, 0.1) is 10.7 Å². The number of thiocarbonyl (C=S) groups is 1. The van der Waals surface area contributed by atoms with E-state index in [4.69, 9.17) is 17.3 Å². The molecule has 0 saturated carbocycles. The predicted octanol–water partition coefficient (Wildman–Crippen LogP) is 2.58. The number of carbonyl (C=O) groups excluding carboxylic acids is 1. The number of rotatable bonds is 5. The van der Waals surface area contributed by atoms with E-state index in [1.54, 1.807) is 0 Å². The number of benzene rings is 1. The lowest BCUT2D eigenvalue weighted by molar-refractivity contribution is -0.146. The summed E-state index contributed by atoms with van der Waals surface area (Å²) in [5.41, 5.74) is 0.957. The molecular formula is C16H14N2O5S3. The van der Waals surface area contributed by atoms with Gasteiger partial charge in [-0.1, -0.05) is 47.9 Å². The van der Waals surface area contributed by atoms with Crippen LogP contribution in [0.5, 0.6) is 0 Å². The molecule has 2 N–H and O–H groups in total. The Labute approximate surface area is 163 Å². The number of hydrogen-bond acceptors (Lipinski definition) is 7. The van der Waals surface area contributed by atoms with E-state index in [0.29, 0.717) is 9.93 Å². The molecule has 1 saturated heterocycles. The SMILES string of the molecule is CN1C(=C2SC(=S)N(C(CCC(=O)O)C(=O)O)C2=O)Sc2ccccc21. The van der Waals surface area contributed by atoms with Crippen LogP contribution in [0.25, 0.3) is 0 Å². The molecule has 2 aliphatic heterocycles. The number of hydrogen-bond donors (Lipinski definition) is 2. The summed E-state index contributed by atoms with van der Waals surface area (Å²) in [6.07, 6.45) is -0.567. The van der Waals surface area contributed by atoms with Gasteiger partial charge >= 0.3 is 11.9 Å². The zero-order valence-corrected chi connectivity index (χ0v) is 16.0. The van der Waals surface area contributed by atoms with Crippen LogP contribution < -0.4 is 4.90 Å². The molecule has 1 aromatic rings. The molecule has 1 amide bonds. The summed E-state index contributed by atoms with van der Waals surface area (Å²) in [5, 5.41) is 19.0. The minimum atomic E-state index is -1.30. The molecule has 7 nitrogen and oxygen atoms in total. The Morgan fingerprint density at radius 2 is 1.92 bits per heavy atom. The normalized spacial score (nSPS) is 20.5. The smallest absolute Gasteiger partial charge is 0.326 e. The third-order valence-electron chi connectivity index (χ3n) is 3.96. The largest absolute Gasteiger partial charge is 0.481 e. The number of thioether (sulfide) groups is 2. The van der Waals surface area contributed by atoms with Gasteiger partial charge in [0, 0.05) is 18.4 Å². The molecule has 2 heterocycles. The van der Waals surface area contributed by atoms with Gasteiger partial charge in [-0.25, -0.2) is 4.79 Å². The van der Waals surface area contributed by atoms with Crippen LogP contribution in [-0.4, -0.2) is 50.4 Å². The van der Waals surface area contributed by atoms with Gasteiger partial charge < -0.3 is 15.1 Å². The van der Waals surface area contributed by atoms with Crippen molar-refractivity contribution in [2.45, 2.75) is 23.8 Å². The second-order valence-corrected chi connectivity index (χ2v) is 8.27. The molecule has 26 heavy (non-hydrogen) atoms.